The maximum atomic E-state index is 13.1. The Balaban J connectivity index is 1.97. The van der Waals surface area contributed by atoms with Crippen LogP contribution in [0.2, 0.25) is 0 Å². The molecule has 1 aliphatic heterocycles. The summed E-state index contributed by atoms with van der Waals surface area (Å²) < 4.78 is 13.1. The number of carbonyl (C=O) groups is 1. The highest BCUT2D eigenvalue weighted by atomic mass is 32.2. The van der Waals surface area contributed by atoms with E-state index in [0.29, 0.717) is 16.6 Å². The molecule has 0 saturated carbocycles. The zero-order chi connectivity index (χ0) is 15.5. The first-order valence-corrected chi connectivity index (χ1v) is 7.91. The van der Waals surface area contributed by atoms with Gasteiger partial charge in [-0.25, -0.2) is 9.38 Å². The van der Waals surface area contributed by atoms with Gasteiger partial charge in [0.05, 0.1) is 5.69 Å². The highest BCUT2D eigenvalue weighted by molar-refractivity contribution is 8.13. The van der Waals surface area contributed by atoms with Crippen LogP contribution in [0.25, 0.3) is 6.08 Å². The van der Waals surface area contributed by atoms with Crippen molar-refractivity contribution in [3.63, 3.8) is 0 Å². The average molecular weight is 312 g/mol. The molecule has 3 rings (SSSR count). The number of rotatable bonds is 2. The second-order valence-electron chi connectivity index (χ2n) is 4.66. The van der Waals surface area contributed by atoms with Gasteiger partial charge >= 0.3 is 0 Å². The third kappa shape index (κ3) is 2.80. The van der Waals surface area contributed by atoms with E-state index in [2.05, 4.69) is 4.99 Å². The predicted molar refractivity (Wildman–Crippen MR) is 89.3 cm³/mol. The molecule has 1 aliphatic rings. The zero-order valence-corrected chi connectivity index (χ0v) is 12.7. The summed E-state index contributed by atoms with van der Waals surface area (Å²) in [7, 11) is 0. The van der Waals surface area contributed by atoms with Gasteiger partial charge in [0, 0.05) is 0 Å². The fourth-order valence-corrected chi connectivity index (χ4v) is 2.72. The van der Waals surface area contributed by atoms with Gasteiger partial charge < -0.3 is 0 Å². The third-order valence-corrected chi connectivity index (χ3v) is 3.84. The van der Waals surface area contributed by atoms with Gasteiger partial charge in [0.1, 0.15) is 11.5 Å². The number of amidine groups is 1. The summed E-state index contributed by atoms with van der Waals surface area (Å²) >= 11 is 1.38. The SMILES string of the molecule is CSC1=NC(=Cc2ccccc2)C(=O)N1c1ccc(F)cc1. The second-order valence-corrected chi connectivity index (χ2v) is 5.43. The smallest absolute Gasteiger partial charge is 0.266 e. The van der Waals surface area contributed by atoms with Gasteiger partial charge in [0.2, 0.25) is 0 Å². The molecule has 0 spiro atoms. The molecule has 0 N–H and O–H groups in total. The molecule has 1 amide bonds. The lowest BCUT2D eigenvalue weighted by molar-refractivity contribution is -0.113. The molecule has 22 heavy (non-hydrogen) atoms. The molecule has 0 aliphatic carbocycles. The van der Waals surface area contributed by atoms with Gasteiger partial charge in [0.15, 0.2) is 5.17 Å². The molecule has 0 aromatic heterocycles. The number of halogens is 1. The average Bonchev–Trinajstić information content (AvgIpc) is 2.85. The minimum atomic E-state index is -0.335. The normalized spacial score (nSPS) is 16.3. The van der Waals surface area contributed by atoms with Crippen molar-refractivity contribution in [3.8, 4) is 0 Å². The predicted octanol–water partition coefficient (Wildman–Crippen LogP) is 3.93. The summed E-state index contributed by atoms with van der Waals surface area (Å²) in [5, 5.41) is 0.582. The van der Waals surface area contributed by atoms with Gasteiger partial charge in [-0.15, -0.1) is 0 Å². The summed E-state index contributed by atoms with van der Waals surface area (Å²) in [5.41, 5.74) is 1.90. The van der Waals surface area contributed by atoms with Gasteiger partial charge in [-0.3, -0.25) is 9.69 Å². The Kier molecular flexibility index (Phi) is 4.06. The topological polar surface area (TPSA) is 32.7 Å². The molecule has 0 saturated heterocycles. The molecule has 0 fully saturated rings. The van der Waals surface area contributed by atoms with Crippen molar-refractivity contribution in [1.82, 2.24) is 0 Å². The van der Waals surface area contributed by atoms with Crippen molar-refractivity contribution in [2.75, 3.05) is 11.2 Å². The summed E-state index contributed by atoms with van der Waals surface area (Å²) in [5.74, 6) is -0.544. The molecule has 2 aromatic carbocycles. The van der Waals surface area contributed by atoms with Crippen LogP contribution >= 0.6 is 11.8 Å². The van der Waals surface area contributed by atoms with E-state index in [-0.39, 0.29) is 11.7 Å². The van der Waals surface area contributed by atoms with E-state index >= 15 is 0 Å². The third-order valence-electron chi connectivity index (χ3n) is 3.20. The van der Waals surface area contributed by atoms with Gasteiger partial charge in [-0.05, 0) is 42.2 Å². The molecule has 3 nitrogen and oxygen atoms in total. The van der Waals surface area contributed by atoms with Gasteiger partial charge in [-0.2, -0.15) is 0 Å². The Morgan fingerprint density at radius 2 is 1.77 bits per heavy atom. The number of anilines is 1. The summed E-state index contributed by atoms with van der Waals surface area (Å²) in [4.78, 5) is 18.5. The fraction of sp³-hybridized carbons (Fsp3) is 0.0588. The molecular weight excluding hydrogens is 299 g/mol. The van der Waals surface area contributed by atoms with E-state index in [9.17, 15) is 9.18 Å². The van der Waals surface area contributed by atoms with Crippen LogP contribution in [0.5, 0.6) is 0 Å². The second kappa shape index (κ2) is 6.15. The van der Waals surface area contributed by atoms with Crippen molar-refractivity contribution >= 4 is 34.6 Å². The van der Waals surface area contributed by atoms with E-state index in [4.69, 9.17) is 0 Å². The fourth-order valence-electron chi connectivity index (χ4n) is 2.16. The Hall–Kier alpha value is -2.40. The first-order valence-electron chi connectivity index (χ1n) is 6.68. The molecular formula is C17H13FN2OS. The highest BCUT2D eigenvalue weighted by Gasteiger charge is 2.31. The van der Waals surface area contributed by atoms with Crippen LogP contribution in [-0.4, -0.2) is 17.3 Å². The zero-order valence-electron chi connectivity index (χ0n) is 11.9. The molecule has 0 radical (unpaired) electrons. The van der Waals surface area contributed by atoms with Crippen molar-refractivity contribution in [1.29, 1.82) is 0 Å². The maximum Gasteiger partial charge on any atom is 0.283 e. The maximum absolute atomic E-state index is 13.1. The Labute approximate surface area is 132 Å². The van der Waals surface area contributed by atoms with E-state index in [1.54, 1.807) is 18.2 Å². The minimum absolute atomic E-state index is 0.209. The molecule has 0 bridgehead atoms. The summed E-state index contributed by atoms with van der Waals surface area (Å²) in [6.45, 7) is 0. The number of amides is 1. The number of hydrogen-bond donors (Lipinski definition) is 0. The Morgan fingerprint density at radius 1 is 1.09 bits per heavy atom. The lowest BCUT2D eigenvalue weighted by Crippen LogP contribution is -2.30. The number of carbonyl (C=O) groups excluding carboxylic acids is 1. The molecule has 110 valence electrons. The number of aliphatic imine (C=N–C) groups is 1. The first kappa shape index (κ1) is 14.5. The van der Waals surface area contributed by atoms with Crippen molar-refractivity contribution in [2.24, 2.45) is 4.99 Å². The van der Waals surface area contributed by atoms with Crippen LogP contribution < -0.4 is 4.90 Å². The number of thioether (sulfide) groups is 1. The first-order chi connectivity index (χ1) is 10.7. The standard InChI is InChI=1S/C17H13FN2OS/c1-22-17-19-15(11-12-5-3-2-4-6-12)16(21)20(17)14-9-7-13(18)8-10-14/h2-11H,1H3. The Bertz CT molecular complexity index is 754. The monoisotopic (exact) mass is 312 g/mol. The molecule has 1 heterocycles. The van der Waals surface area contributed by atoms with Crippen LogP contribution in [-0.2, 0) is 4.79 Å². The lowest BCUT2D eigenvalue weighted by atomic mass is 10.2. The van der Waals surface area contributed by atoms with Crippen LogP contribution in [0.15, 0.2) is 65.3 Å². The molecule has 5 heteroatoms. The Morgan fingerprint density at radius 3 is 2.41 bits per heavy atom. The van der Waals surface area contributed by atoms with Crippen molar-refractivity contribution in [3.05, 3.63) is 71.7 Å². The van der Waals surface area contributed by atoms with Gasteiger partial charge in [0.25, 0.3) is 5.91 Å². The van der Waals surface area contributed by atoms with Crippen molar-refractivity contribution < 1.29 is 9.18 Å². The minimum Gasteiger partial charge on any atom is -0.266 e. The van der Waals surface area contributed by atoms with Crippen LogP contribution in [0, 0.1) is 5.82 Å². The van der Waals surface area contributed by atoms with E-state index in [1.807, 2.05) is 36.6 Å². The number of hydrogen-bond acceptors (Lipinski definition) is 3. The summed E-state index contributed by atoms with van der Waals surface area (Å²) in [6, 6.07) is 15.4. The van der Waals surface area contributed by atoms with Crippen LogP contribution in [0.1, 0.15) is 5.56 Å². The number of benzene rings is 2. The van der Waals surface area contributed by atoms with Crippen molar-refractivity contribution in [2.45, 2.75) is 0 Å². The quantitative estimate of drug-likeness (QED) is 0.787. The van der Waals surface area contributed by atoms with Crippen LogP contribution in [0.3, 0.4) is 0 Å². The van der Waals surface area contributed by atoms with E-state index in [0.717, 1.165) is 5.56 Å². The molecule has 0 atom stereocenters. The van der Waals surface area contributed by atoms with E-state index < -0.39 is 0 Å². The highest BCUT2D eigenvalue weighted by Crippen LogP contribution is 2.28. The van der Waals surface area contributed by atoms with E-state index in [1.165, 1.54) is 28.8 Å². The lowest BCUT2D eigenvalue weighted by Gasteiger charge is -2.16. The largest absolute Gasteiger partial charge is 0.283 e. The number of nitrogens with zero attached hydrogens (tertiary/aromatic N) is 2. The molecule has 0 unspecified atom stereocenters. The molecule has 2 aromatic rings. The summed E-state index contributed by atoms with van der Waals surface area (Å²) in [6.07, 6.45) is 3.61. The van der Waals surface area contributed by atoms with Crippen LogP contribution in [0.4, 0.5) is 10.1 Å². The van der Waals surface area contributed by atoms with Gasteiger partial charge in [-0.1, -0.05) is 42.1 Å².